The number of rotatable bonds is 5. The molecule has 0 fully saturated rings. The van der Waals surface area contributed by atoms with Gasteiger partial charge < -0.3 is 5.32 Å². The molecular weight excluding hydrogens is 236 g/mol. The van der Waals surface area contributed by atoms with E-state index < -0.39 is 0 Å². The van der Waals surface area contributed by atoms with Crippen molar-refractivity contribution in [2.24, 2.45) is 0 Å². The van der Waals surface area contributed by atoms with E-state index in [0.717, 1.165) is 29.9 Å². The third-order valence-corrected chi connectivity index (χ3v) is 2.93. The van der Waals surface area contributed by atoms with E-state index in [1.807, 2.05) is 23.7 Å². The minimum Gasteiger partial charge on any atom is -0.366 e. The Balaban J connectivity index is 2.17. The largest absolute Gasteiger partial charge is 0.366 e. The molecule has 0 saturated heterocycles. The zero-order valence-electron chi connectivity index (χ0n) is 10.2. The fourth-order valence-electron chi connectivity index (χ4n) is 1.84. The first-order chi connectivity index (χ1) is 8.20. The minimum atomic E-state index is 0.364. The number of nitrogens with one attached hydrogen (secondary N) is 1. The lowest BCUT2D eigenvalue weighted by Gasteiger charge is -2.14. The van der Waals surface area contributed by atoms with Crippen LogP contribution >= 0.6 is 11.6 Å². The first kappa shape index (κ1) is 12.2. The maximum absolute atomic E-state index is 5.69. The van der Waals surface area contributed by atoms with Crippen LogP contribution in [0.5, 0.6) is 0 Å². The second-order valence-corrected chi connectivity index (χ2v) is 4.65. The Morgan fingerprint density at radius 1 is 1.53 bits per heavy atom. The van der Waals surface area contributed by atoms with Gasteiger partial charge in [0.1, 0.15) is 5.52 Å². The van der Waals surface area contributed by atoms with Gasteiger partial charge in [-0.25, -0.2) is 9.50 Å². The highest BCUT2D eigenvalue weighted by atomic mass is 35.5. The number of hydrogen-bond donors (Lipinski definition) is 1. The molecule has 0 bridgehead atoms. The standard InChI is InChI=1S/C12H17ClN4/c1-9(4-3-5-13)15-12-11-8-10(2)16-17(11)7-6-14-12/h6-9H,3-5H2,1-2H3,(H,14,15). The van der Waals surface area contributed by atoms with E-state index in [9.17, 15) is 0 Å². The summed E-state index contributed by atoms with van der Waals surface area (Å²) in [4.78, 5) is 4.36. The van der Waals surface area contributed by atoms with Gasteiger partial charge >= 0.3 is 0 Å². The Morgan fingerprint density at radius 2 is 2.35 bits per heavy atom. The molecule has 0 saturated carbocycles. The molecule has 1 atom stereocenters. The van der Waals surface area contributed by atoms with Crippen LogP contribution in [0.2, 0.25) is 0 Å². The Labute approximate surface area is 106 Å². The average Bonchev–Trinajstić information content (AvgIpc) is 2.68. The lowest BCUT2D eigenvalue weighted by molar-refractivity contribution is 0.690. The molecule has 92 valence electrons. The van der Waals surface area contributed by atoms with E-state index >= 15 is 0 Å². The highest BCUT2D eigenvalue weighted by molar-refractivity contribution is 6.17. The minimum absolute atomic E-state index is 0.364. The molecule has 1 N–H and O–H groups in total. The van der Waals surface area contributed by atoms with Gasteiger partial charge in [0, 0.05) is 24.3 Å². The Morgan fingerprint density at radius 3 is 3.12 bits per heavy atom. The van der Waals surface area contributed by atoms with Crippen LogP contribution in [0.15, 0.2) is 18.5 Å². The molecular formula is C12H17ClN4. The summed E-state index contributed by atoms with van der Waals surface area (Å²) in [7, 11) is 0. The number of alkyl halides is 1. The van der Waals surface area contributed by atoms with Crippen molar-refractivity contribution < 1.29 is 0 Å². The average molecular weight is 253 g/mol. The summed E-state index contributed by atoms with van der Waals surface area (Å²) in [5, 5.41) is 7.76. The van der Waals surface area contributed by atoms with Crippen molar-refractivity contribution in [3.63, 3.8) is 0 Å². The Hall–Kier alpha value is -1.29. The molecule has 0 aliphatic carbocycles. The van der Waals surface area contributed by atoms with Crippen molar-refractivity contribution in [3.05, 3.63) is 24.2 Å². The van der Waals surface area contributed by atoms with Crippen LogP contribution in [0, 0.1) is 6.92 Å². The molecule has 0 spiro atoms. The third kappa shape index (κ3) is 2.88. The number of anilines is 1. The summed E-state index contributed by atoms with van der Waals surface area (Å²) in [6.45, 7) is 4.12. The number of aromatic nitrogens is 3. The normalized spacial score (nSPS) is 12.9. The van der Waals surface area contributed by atoms with Gasteiger partial charge in [-0.15, -0.1) is 11.6 Å². The summed E-state index contributed by atoms with van der Waals surface area (Å²) in [6, 6.07) is 2.39. The van der Waals surface area contributed by atoms with Crippen LogP contribution in [-0.2, 0) is 0 Å². The molecule has 4 nitrogen and oxygen atoms in total. The van der Waals surface area contributed by atoms with Crippen LogP contribution in [0.4, 0.5) is 5.82 Å². The van der Waals surface area contributed by atoms with Crippen molar-refractivity contribution in [3.8, 4) is 0 Å². The van der Waals surface area contributed by atoms with E-state index in [4.69, 9.17) is 11.6 Å². The molecule has 1 unspecified atom stereocenters. The monoisotopic (exact) mass is 252 g/mol. The van der Waals surface area contributed by atoms with Gasteiger partial charge in [0.25, 0.3) is 0 Å². The first-order valence-electron chi connectivity index (χ1n) is 5.84. The van der Waals surface area contributed by atoms with Crippen LogP contribution in [-0.4, -0.2) is 26.5 Å². The lowest BCUT2D eigenvalue weighted by Crippen LogP contribution is -2.16. The van der Waals surface area contributed by atoms with Gasteiger partial charge in [0.05, 0.1) is 5.69 Å². The number of hydrogen-bond acceptors (Lipinski definition) is 3. The van der Waals surface area contributed by atoms with Crippen molar-refractivity contribution in [2.45, 2.75) is 32.7 Å². The molecule has 0 aromatic carbocycles. The topological polar surface area (TPSA) is 42.2 Å². The molecule has 0 radical (unpaired) electrons. The summed E-state index contributed by atoms with van der Waals surface area (Å²) in [5.74, 6) is 1.59. The summed E-state index contributed by atoms with van der Waals surface area (Å²) in [5.41, 5.74) is 2.01. The molecule has 17 heavy (non-hydrogen) atoms. The van der Waals surface area contributed by atoms with Crippen LogP contribution in [0.1, 0.15) is 25.5 Å². The van der Waals surface area contributed by atoms with Gasteiger partial charge in [-0.2, -0.15) is 5.10 Å². The maximum Gasteiger partial charge on any atom is 0.152 e. The fraction of sp³-hybridized carbons (Fsp3) is 0.500. The van der Waals surface area contributed by atoms with Gasteiger partial charge in [-0.3, -0.25) is 0 Å². The van der Waals surface area contributed by atoms with Gasteiger partial charge in [-0.1, -0.05) is 0 Å². The van der Waals surface area contributed by atoms with Gasteiger partial charge in [0.2, 0.25) is 0 Å². The Bertz CT molecular complexity index is 494. The zero-order valence-corrected chi connectivity index (χ0v) is 10.9. The van der Waals surface area contributed by atoms with Gasteiger partial charge in [-0.05, 0) is 32.8 Å². The predicted octanol–water partition coefficient (Wildman–Crippen LogP) is 2.86. The summed E-state index contributed by atoms with van der Waals surface area (Å²) >= 11 is 5.69. The first-order valence-corrected chi connectivity index (χ1v) is 6.37. The number of nitrogens with zero attached hydrogens (tertiary/aromatic N) is 3. The molecule has 2 aromatic heterocycles. The SMILES string of the molecule is Cc1cc2c(NC(C)CCCCl)nccn2n1. The van der Waals surface area contributed by atoms with Crippen molar-refractivity contribution in [1.29, 1.82) is 0 Å². The lowest BCUT2D eigenvalue weighted by atomic mass is 10.2. The van der Waals surface area contributed by atoms with E-state index in [1.54, 1.807) is 6.20 Å². The van der Waals surface area contributed by atoms with E-state index in [-0.39, 0.29) is 0 Å². The molecule has 2 heterocycles. The van der Waals surface area contributed by atoms with E-state index in [2.05, 4.69) is 22.3 Å². The smallest absolute Gasteiger partial charge is 0.152 e. The Kier molecular flexibility index (Phi) is 3.84. The number of fused-ring (bicyclic) bond motifs is 1. The highest BCUT2D eigenvalue weighted by Crippen LogP contribution is 2.16. The molecule has 2 aromatic rings. The molecule has 2 rings (SSSR count). The van der Waals surface area contributed by atoms with E-state index in [0.29, 0.717) is 11.9 Å². The number of aryl methyl sites for hydroxylation is 1. The maximum atomic E-state index is 5.69. The zero-order chi connectivity index (χ0) is 12.3. The summed E-state index contributed by atoms with van der Waals surface area (Å²) in [6.07, 6.45) is 5.67. The number of halogens is 1. The quantitative estimate of drug-likeness (QED) is 0.832. The van der Waals surface area contributed by atoms with Crippen molar-refractivity contribution in [2.75, 3.05) is 11.2 Å². The predicted molar refractivity (Wildman–Crippen MR) is 70.8 cm³/mol. The summed E-state index contributed by atoms with van der Waals surface area (Å²) < 4.78 is 1.85. The fourth-order valence-corrected chi connectivity index (χ4v) is 2.00. The molecule has 5 heteroatoms. The highest BCUT2D eigenvalue weighted by Gasteiger charge is 2.08. The van der Waals surface area contributed by atoms with Crippen molar-refractivity contribution in [1.82, 2.24) is 14.6 Å². The molecule has 0 aliphatic rings. The third-order valence-electron chi connectivity index (χ3n) is 2.67. The van der Waals surface area contributed by atoms with E-state index in [1.165, 1.54) is 0 Å². The molecule has 0 amide bonds. The second kappa shape index (κ2) is 5.36. The second-order valence-electron chi connectivity index (χ2n) is 4.27. The van der Waals surface area contributed by atoms with Crippen molar-refractivity contribution >= 4 is 22.9 Å². The van der Waals surface area contributed by atoms with Crippen LogP contribution in [0.3, 0.4) is 0 Å². The van der Waals surface area contributed by atoms with Crippen LogP contribution < -0.4 is 5.32 Å². The molecule has 0 aliphatic heterocycles. The van der Waals surface area contributed by atoms with Gasteiger partial charge in [0.15, 0.2) is 5.82 Å². The van der Waals surface area contributed by atoms with Crippen LogP contribution in [0.25, 0.3) is 5.52 Å².